The molecule has 0 saturated heterocycles. The molecule has 1 aromatic rings. The van der Waals surface area contributed by atoms with Gasteiger partial charge in [-0.05, 0) is 18.6 Å². The Bertz CT molecular complexity index is 302. The number of carbonyl (C=O) groups is 1. The summed E-state index contributed by atoms with van der Waals surface area (Å²) in [5, 5.41) is 18.2. The van der Waals surface area contributed by atoms with Crippen molar-refractivity contribution < 1.29 is 15.0 Å². The van der Waals surface area contributed by atoms with Crippen molar-refractivity contribution in [1.82, 2.24) is 0 Å². The van der Waals surface area contributed by atoms with Gasteiger partial charge in [0.2, 0.25) is 0 Å². The van der Waals surface area contributed by atoms with Gasteiger partial charge in [0, 0.05) is 17.0 Å². The number of rotatable bonds is 3. The molecule has 0 aliphatic rings. The number of halogens is 1. The summed E-state index contributed by atoms with van der Waals surface area (Å²) in [5.74, 6) is -0.854. The number of hydrogen-bond acceptors (Lipinski definition) is 2. The van der Waals surface area contributed by atoms with Gasteiger partial charge in [-0.3, -0.25) is 4.79 Å². The van der Waals surface area contributed by atoms with Gasteiger partial charge in [0.15, 0.2) is 0 Å². The van der Waals surface area contributed by atoms with Crippen molar-refractivity contribution in [2.75, 3.05) is 0 Å². The molecule has 2 N–H and O–H groups in total. The molecule has 70 valence electrons. The smallest absolute Gasteiger partial charge is 0.303 e. The molecule has 0 aromatic heterocycles. The van der Waals surface area contributed by atoms with E-state index in [-0.39, 0.29) is 18.6 Å². The Labute approximate surface area is 80.6 Å². The van der Waals surface area contributed by atoms with Crippen LogP contribution >= 0.6 is 11.6 Å². The molecular weight excluding hydrogens is 192 g/mol. The Morgan fingerprint density at radius 1 is 1.46 bits per heavy atom. The standard InChI is InChI=1S/C9H9ClO3/c10-7-2-1-3-8(11)6(7)4-5-9(12)13/h1-3,11H,4-5H2,(H,12,13). The molecule has 3 nitrogen and oxygen atoms in total. The second-order valence-corrected chi connectivity index (χ2v) is 3.04. The first-order valence-corrected chi connectivity index (χ1v) is 4.17. The number of hydrogen-bond donors (Lipinski definition) is 2. The predicted molar refractivity (Wildman–Crippen MR) is 49.1 cm³/mol. The largest absolute Gasteiger partial charge is 0.508 e. The van der Waals surface area contributed by atoms with Crippen LogP contribution in [0.5, 0.6) is 5.75 Å². The predicted octanol–water partition coefficient (Wildman–Crippen LogP) is 2.06. The highest BCUT2D eigenvalue weighted by molar-refractivity contribution is 6.31. The van der Waals surface area contributed by atoms with Crippen molar-refractivity contribution in [3.63, 3.8) is 0 Å². The third-order valence-corrected chi connectivity index (χ3v) is 2.04. The first kappa shape index (κ1) is 9.86. The first-order valence-electron chi connectivity index (χ1n) is 3.79. The number of benzene rings is 1. The third-order valence-electron chi connectivity index (χ3n) is 1.68. The van der Waals surface area contributed by atoms with Gasteiger partial charge in [0.05, 0.1) is 0 Å². The molecular formula is C9H9ClO3. The Morgan fingerprint density at radius 3 is 2.69 bits per heavy atom. The van der Waals surface area contributed by atoms with E-state index < -0.39 is 5.97 Å². The number of phenolic OH excluding ortho intramolecular Hbond substituents is 1. The Kier molecular flexibility index (Phi) is 3.14. The van der Waals surface area contributed by atoms with Crippen LogP contribution in [0.4, 0.5) is 0 Å². The van der Waals surface area contributed by atoms with Gasteiger partial charge in [-0.25, -0.2) is 0 Å². The van der Waals surface area contributed by atoms with Gasteiger partial charge in [-0.15, -0.1) is 0 Å². The second kappa shape index (κ2) is 4.14. The minimum Gasteiger partial charge on any atom is -0.508 e. The number of carboxylic acids is 1. The van der Waals surface area contributed by atoms with Crippen molar-refractivity contribution in [1.29, 1.82) is 0 Å². The van der Waals surface area contributed by atoms with Gasteiger partial charge in [0.1, 0.15) is 5.75 Å². The van der Waals surface area contributed by atoms with Gasteiger partial charge in [-0.2, -0.15) is 0 Å². The molecule has 0 fully saturated rings. The van der Waals surface area contributed by atoms with Gasteiger partial charge >= 0.3 is 5.97 Å². The summed E-state index contributed by atoms with van der Waals surface area (Å²) in [7, 11) is 0. The second-order valence-electron chi connectivity index (χ2n) is 2.63. The fourth-order valence-corrected chi connectivity index (χ4v) is 1.29. The zero-order valence-electron chi connectivity index (χ0n) is 6.83. The summed E-state index contributed by atoms with van der Waals surface area (Å²) in [6.07, 6.45) is 0.220. The highest BCUT2D eigenvalue weighted by atomic mass is 35.5. The highest BCUT2D eigenvalue weighted by Gasteiger charge is 2.07. The van der Waals surface area contributed by atoms with E-state index in [0.717, 1.165) is 0 Å². The average Bonchev–Trinajstić information content (AvgIpc) is 2.03. The molecule has 0 unspecified atom stereocenters. The van der Waals surface area contributed by atoms with Gasteiger partial charge in [-0.1, -0.05) is 17.7 Å². The van der Waals surface area contributed by atoms with E-state index in [1.54, 1.807) is 12.1 Å². The van der Waals surface area contributed by atoms with Gasteiger partial charge in [0.25, 0.3) is 0 Å². The van der Waals surface area contributed by atoms with Crippen LogP contribution in [-0.4, -0.2) is 16.2 Å². The molecule has 0 radical (unpaired) electrons. The number of aliphatic carboxylic acids is 1. The zero-order valence-corrected chi connectivity index (χ0v) is 7.58. The minimum atomic E-state index is -0.903. The minimum absolute atomic E-state index is 0.0305. The summed E-state index contributed by atoms with van der Waals surface area (Å²) in [6.45, 7) is 0. The molecule has 0 saturated carbocycles. The van der Waals surface area contributed by atoms with Gasteiger partial charge < -0.3 is 10.2 Å². The quantitative estimate of drug-likeness (QED) is 0.785. The van der Waals surface area contributed by atoms with E-state index in [1.807, 2.05) is 0 Å². The molecule has 0 amide bonds. The maximum atomic E-state index is 10.3. The normalized spacial score (nSPS) is 9.92. The van der Waals surface area contributed by atoms with Crippen LogP contribution < -0.4 is 0 Å². The van der Waals surface area contributed by atoms with Crippen molar-refractivity contribution in [2.24, 2.45) is 0 Å². The highest BCUT2D eigenvalue weighted by Crippen LogP contribution is 2.26. The first-order chi connectivity index (χ1) is 6.11. The zero-order chi connectivity index (χ0) is 9.84. The lowest BCUT2D eigenvalue weighted by Crippen LogP contribution is -1.98. The number of aromatic hydroxyl groups is 1. The lowest BCUT2D eigenvalue weighted by atomic mass is 10.1. The molecule has 0 aliphatic carbocycles. The van der Waals surface area contributed by atoms with Crippen LogP contribution in [0.3, 0.4) is 0 Å². The monoisotopic (exact) mass is 200 g/mol. The molecule has 0 heterocycles. The van der Waals surface area contributed by atoms with Crippen LogP contribution in [0.15, 0.2) is 18.2 Å². The Hall–Kier alpha value is -1.22. The van der Waals surface area contributed by atoms with E-state index >= 15 is 0 Å². The van der Waals surface area contributed by atoms with E-state index in [1.165, 1.54) is 6.07 Å². The van der Waals surface area contributed by atoms with Crippen molar-refractivity contribution in [3.8, 4) is 5.75 Å². The topological polar surface area (TPSA) is 57.5 Å². The third kappa shape index (κ3) is 2.63. The number of carboxylic acid groups (broad SMARTS) is 1. The molecule has 0 spiro atoms. The van der Waals surface area contributed by atoms with E-state index in [9.17, 15) is 9.90 Å². The average molecular weight is 201 g/mol. The summed E-state index contributed by atoms with van der Waals surface area (Å²) < 4.78 is 0. The maximum absolute atomic E-state index is 10.3. The molecule has 13 heavy (non-hydrogen) atoms. The fraction of sp³-hybridized carbons (Fsp3) is 0.222. The Morgan fingerprint density at radius 2 is 2.15 bits per heavy atom. The summed E-state index contributed by atoms with van der Waals surface area (Å²) in [5.41, 5.74) is 0.492. The summed E-state index contributed by atoms with van der Waals surface area (Å²) in [6, 6.07) is 4.73. The molecule has 0 aliphatic heterocycles. The van der Waals surface area contributed by atoms with Crippen molar-refractivity contribution in [2.45, 2.75) is 12.8 Å². The fourth-order valence-electron chi connectivity index (χ4n) is 1.03. The molecule has 4 heteroatoms. The van der Waals surface area contributed by atoms with Crippen LogP contribution in [0, 0.1) is 0 Å². The number of phenols is 1. The van der Waals surface area contributed by atoms with E-state index in [2.05, 4.69) is 0 Å². The molecule has 0 atom stereocenters. The lowest BCUT2D eigenvalue weighted by Gasteiger charge is -2.04. The molecule has 0 bridgehead atoms. The summed E-state index contributed by atoms with van der Waals surface area (Å²) in [4.78, 5) is 10.3. The van der Waals surface area contributed by atoms with Crippen molar-refractivity contribution >= 4 is 17.6 Å². The van der Waals surface area contributed by atoms with Crippen LogP contribution in [0.2, 0.25) is 5.02 Å². The SMILES string of the molecule is O=C(O)CCc1c(O)cccc1Cl. The summed E-state index contributed by atoms with van der Waals surface area (Å²) >= 11 is 5.76. The maximum Gasteiger partial charge on any atom is 0.303 e. The van der Waals surface area contributed by atoms with Crippen LogP contribution in [0.1, 0.15) is 12.0 Å². The molecule has 1 aromatic carbocycles. The lowest BCUT2D eigenvalue weighted by molar-refractivity contribution is -0.136. The Balaban J connectivity index is 2.81. The van der Waals surface area contributed by atoms with Crippen molar-refractivity contribution in [3.05, 3.63) is 28.8 Å². The van der Waals surface area contributed by atoms with E-state index in [0.29, 0.717) is 10.6 Å². The van der Waals surface area contributed by atoms with Crippen LogP contribution in [0.25, 0.3) is 0 Å². The van der Waals surface area contributed by atoms with E-state index in [4.69, 9.17) is 16.7 Å². The van der Waals surface area contributed by atoms with Crippen LogP contribution in [-0.2, 0) is 11.2 Å². The molecule has 1 rings (SSSR count).